The van der Waals surface area contributed by atoms with Gasteiger partial charge in [0.1, 0.15) is 35.4 Å². The highest BCUT2D eigenvalue weighted by Crippen LogP contribution is 2.37. The maximum Gasteiger partial charge on any atom is 0.234 e. The zero-order chi connectivity index (χ0) is 29.2. The molecule has 1 saturated carbocycles. The Balaban J connectivity index is 1.06. The van der Waals surface area contributed by atoms with Crippen LogP contribution in [-0.2, 0) is 6.54 Å². The molecular formula is C33H36N10. The Kier molecular flexibility index (Phi) is 7.56. The van der Waals surface area contributed by atoms with Crippen molar-refractivity contribution >= 4 is 29.0 Å². The number of benzene rings is 1. The first-order valence-corrected chi connectivity index (χ1v) is 15.3. The summed E-state index contributed by atoms with van der Waals surface area (Å²) in [5.41, 5.74) is 10.7. The molecule has 1 aromatic carbocycles. The third-order valence-electron chi connectivity index (χ3n) is 8.96. The highest BCUT2D eigenvalue weighted by Gasteiger charge is 2.37. The van der Waals surface area contributed by atoms with Crippen LogP contribution in [0.15, 0.2) is 76.6 Å². The van der Waals surface area contributed by atoms with Crippen LogP contribution in [0.5, 0.6) is 0 Å². The molecule has 10 heteroatoms. The zero-order valence-electron chi connectivity index (χ0n) is 24.2. The number of nitrogens with one attached hydrogen (secondary N) is 1. The number of likely N-dealkylation sites (tertiary alicyclic amines) is 1. The van der Waals surface area contributed by atoms with Gasteiger partial charge in [0.05, 0.1) is 5.56 Å². The van der Waals surface area contributed by atoms with Gasteiger partial charge in [-0.05, 0) is 68.0 Å². The van der Waals surface area contributed by atoms with Crippen LogP contribution < -0.4 is 16.0 Å². The van der Waals surface area contributed by atoms with Crippen molar-refractivity contribution in [3.05, 3.63) is 83.6 Å². The van der Waals surface area contributed by atoms with Crippen molar-refractivity contribution in [2.24, 2.45) is 15.9 Å². The van der Waals surface area contributed by atoms with E-state index in [1.165, 1.54) is 36.9 Å². The largest absolute Gasteiger partial charge is 0.383 e. The fourth-order valence-electron chi connectivity index (χ4n) is 6.69. The highest BCUT2D eigenvalue weighted by atomic mass is 15.3. The minimum absolute atomic E-state index is 0.0109. The average molecular weight is 573 g/mol. The molecule has 2 aromatic heterocycles. The fourth-order valence-corrected chi connectivity index (χ4v) is 6.69. The van der Waals surface area contributed by atoms with Gasteiger partial charge in [0.15, 0.2) is 0 Å². The van der Waals surface area contributed by atoms with Crippen LogP contribution in [0.4, 0.5) is 17.3 Å². The molecule has 1 saturated heterocycles. The Hall–Kier alpha value is -4.62. The normalized spacial score (nSPS) is 21.1. The second-order valence-electron chi connectivity index (χ2n) is 11.8. The monoisotopic (exact) mass is 572 g/mol. The Labute approximate surface area is 252 Å². The van der Waals surface area contributed by atoms with Crippen molar-refractivity contribution < 1.29 is 0 Å². The van der Waals surface area contributed by atoms with E-state index in [4.69, 9.17) is 21.0 Å². The van der Waals surface area contributed by atoms with Crippen molar-refractivity contribution in [3.63, 3.8) is 0 Å². The number of hydrogen-bond acceptors (Lipinski definition) is 10. The van der Waals surface area contributed by atoms with E-state index in [0.717, 1.165) is 61.8 Å². The van der Waals surface area contributed by atoms with E-state index in [2.05, 4.69) is 60.4 Å². The van der Waals surface area contributed by atoms with E-state index >= 15 is 0 Å². The molecule has 0 spiro atoms. The molecule has 10 nitrogen and oxygen atoms in total. The van der Waals surface area contributed by atoms with Gasteiger partial charge >= 0.3 is 0 Å². The summed E-state index contributed by atoms with van der Waals surface area (Å²) in [5, 5.41) is 12.5. The zero-order valence-corrected chi connectivity index (χ0v) is 24.2. The molecule has 218 valence electrons. The topological polar surface area (TPSA) is 132 Å². The molecule has 0 amide bonds. The number of aromatic nitrogens is 3. The molecule has 1 unspecified atom stereocenters. The predicted molar refractivity (Wildman–Crippen MR) is 169 cm³/mol. The van der Waals surface area contributed by atoms with E-state index in [9.17, 15) is 0 Å². The minimum atomic E-state index is -0.0109. The first kappa shape index (κ1) is 27.2. The lowest BCUT2D eigenvalue weighted by atomic mass is 9.99. The number of anilines is 3. The lowest BCUT2D eigenvalue weighted by Gasteiger charge is -2.32. The number of nitriles is 1. The number of nitrogens with zero attached hydrogens (tertiary/aromatic N) is 8. The van der Waals surface area contributed by atoms with E-state index in [0.29, 0.717) is 23.6 Å². The summed E-state index contributed by atoms with van der Waals surface area (Å²) in [5.74, 6) is 3.77. The van der Waals surface area contributed by atoms with E-state index < -0.39 is 0 Å². The maximum absolute atomic E-state index is 9.07. The Bertz CT molecular complexity index is 1610. The molecule has 4 aliphatic rings. The van der Waals surface area contributed by atoms with Crippen molar-refractivity contribution in [2.75, 3.05) is 29.0 Å². The smallest absolute Gasteiger partial charge is 0.234 e. The number of rotatable bonds is 7. The molecule has 2 fully saturated rings. The van der Waals surface area contributed by atoms with Crippen molar-refractivity contribution in [2.45, 2.75) is 63.6 Å². The summed E-state index contributed by atoms with van der Waals surface area (Å²) in [6.07, 6.45) is 13.6. The number of fused-ring (bicyclic) bond motifs is 1. The molecule has 0 radical (unpaired) electrons. The van der Waals surface area contributed by atoms with Gasteiger partial charge in [-0.15, -0.1) is 0 Å². The number of piperidine rings is 1. The van der Waals surface area contributed by atoms with Gasteiger partial charge in [0.2, 0.25) is 5.82 Å². The van der Waals surface area contributed by atoms with Crippen LogP contribution in [0.1, 0.15) is 61.9 Å². The Morgan fingerprint density at radius 1 is 0.977 bits per heavy atom. The van der Waals surface area contributed by atoms with Crippen molar-refractivity contribution in [1.29, 1.82) is 5.26 Å². The molecular weight excluding hydrogens is 536 g/mol. The van der Waals surface area contributed by atoms with Crippen molar-refractivity contribution in [3.8, 4) is 6.07 Å². The number of nitrogen functional groups attached to an aromatic ring is 1. The summed E-state index contributed by atoms with van der Waals surface area (Å²) < 4.78 is 0. The third kappa shape index (κ3) is 5.73. The number of aliphatic imine (C=N–C) groups is 2. The Morgan fingerprint density at radius 3 is 2.56 bits per heavy atom. The average Bonchev–Trinajstić information content (AvgIpc) is 3.71. The highest BCUT2D eigenvalue weighted by molar-refractivity contribution is 6.31. The first-order valence-electron chi connectivity index (χ1n) is 15.3. The third-order valence-corrected chi connectivity index (χ3v) is 8.96. The lowest BCUT2D eigenvalue weighted by Crippen LogP contribution is -2.39. The first-order chi connectivity index (χ1) is 21.1. The molecule has 1 atom stereocenters. The Morgan fingerprint density at radius 2 is 1.79 bits per heavy atom. The molecule has 3 aromatic rings. The summed E-state index contributed by atoms with van der Waals surface area (Å²) >= 11 is 0. The summed E-state index contributed by atoms with van der Waals surface area (Å²) in [4.78, 5) is 27.6. The molecule has 1 aliphatic carbocycles. The standard InChI is InChI=1S/C33H36N10/c34-20-30-36-17-13-29(41-30)38-24-14-18-42(19-15-24)21-22-7-9-25(10-8-22)43-32(26-6-3-16-37-31(26)35)40-28-12-11-27(39-33(28)43)23-4-1-2-5-23/h3,6-11,13,16-17,23-24,28H,1-2,4-5,12,14-15,18-19,21H2,(H2,35,37)(H,36,38,41). The van der Waals surface area contributed by atoms with Gasteiger partial charge in [0.25, 0.3) is 0 Å². The summed E-state index contributed by atoms with van der Waals surface area (Å²) in [6.45, 7) is 2.88. The van der Waals surface area contributed by atoms with Gasteiger partial charge < -0.3 is 11.1 Å². The molecule has 3 N–H and O–H groups in total. The van der Waals surface area contributed by atoms with Crippen LogP contribution in [-0.4, -0.2) is 56.7 Å². The van der Waals surface area contributed by atoms with E-state index in [1.807, 2.05) is 24.3 Å². The molecule has 7 rings (SSSR count). The van der Waals surface area contributed by atoms with E-state index in [-0.39, 0.29) is 11.9 Å². The lowest BCUT2D eigenvalue weighted by molar-refractivity contribution is 0.211. The minimum Gasteiger partial charge on any atom is -0.383 e. The number of nitrogens with two attached hydrogens (primary N) is 1. The second kappa shape index (κ2) is 11.9. The predicted octanol–water partition coefficient (Wildman–Crippen LogP) is 4.91. The van der Waals surface area contributed by atoms with Crippen LogP contribution in [0.2, 0.25) is 0 Å². The summed E-state index contributed by atoms with van der Waals surface area (Å²) in [6, 6.07) is 16.9. The number of allylic oxidation sites excluding steroid dienone is 1. The molecule has 43 heavy (non-hydrogen) atoms. The molecule has 3 aliphatic heterocycles. The van der Waals surface area contributed by atoms with Gasteiger partial charge in [-0.3, -0.25) is 14.8 Å². The number of hydrogen-bond donors (Lipinski definition) is 2. The molecule has 5 heterocycles. The van der Waals surface area contributed by atoms with Crippen LogP contribution in [0, 0.1) is 17.2 Å². The quantitative estimate of drug-likeness (QED) is 0.408. The van der Waals surface area contributed by atoms with E-state index in [1.54, 1.807) is 12.4 Å². The van der Waals surface area contributed by atoms with Gasteiger partial charge in [-0.25, -0.2) is 19.9 Å². The van der Waals surface area contributed by atoms with Crippen LogP contribution >= 0.6 is 0 Å². The SMILES string of the molecule is N#Cc1nccc(NC2CCN(Cc3ccc(N4C(c5cccnc5N)=NC5CC=C(C6CCCC6)N=C54)cc3)CC2)n1. The number of amidine groups is 2. The van der Waals surface area contributed by atoms with Gasteiger partial charge in [0, 0.05) is 55.4 Å². The second-order valence-corrected chi connectivity index (χ2v) is 11.8. The number of pyridine rings is 1. The van der Waals surface area contributed by atoms with Gasteiger partial charge in [-0.1, -0.05) is 31.1 Å². The molecule has 0 bridgehead atoms. The fraction of sp³-hybridized carbons (Fsp3) is 0.394. The van der Waals surface area contributed by atoms with Crippen LogP contribution in [0.25, 0.3) is 0 Å². The summed E-state index contributed by atoms with van der Waals surface area (Å²) in [7, 11) is 0. The van der Waals surface area contributed by atoms with Crippen LogP contribution in [0.3, 0.4) is 0 Å². The van der Waals surface area contributed by atoms with Crippen molar-refractivity contribution in [1.82, 2.24) is 19.9 Å². The van der Waals surface area contributed by atoms with Gasteiger partial charge in [-0.2, -0.15) is 5.26 Å². The maximum atomic E-state index is 9.07.